The average Bonchev–Trinajstić information content (AvgIpc) is 2.70. The normalized spacial score (nSPS) is 28.4. The molecule has 1 N–H and O–H groups in total. The Balaban J connectivity index is 1.74. The van der Waals surface area contributed by atoms with E-state index in [9.17, 15) is 9.59 Å². The number of carbonyl (C=O) groups is 2. The van der Waals surface area contributed by atoms with E-state index in [2.05, 4.69) is 10.2 Å². The molecule has 0 aliphatic carbocycles. The second kappa shape index (κ2) is 5.19. The average molecular weight is 275 g/mol. The summed E-state index contributed by atoms with van der Waals surface area (Å²) in [7, 11) is 0. The number of fused-ring (bicyclic) bond motifs is 2. The van der Waals surface area contributed by atoms with Crippen molar-refractivity contribution in [2.45, 2.75) is 44.2 Å². The first-order chi connectivity index (χ1) is 9.65. The first-order valence-corrected chi connectivity index (χ1v) is 6.96. The van der Waals surface area contributed by atoms with Gasteiger partial charge < -0.3 is 10.0 Å². The van der Waals surface area contributed by atoms with Crippen molar-refractivity contribution >= 4 is 11.9 Å². The predicted molar refractivity (Wildman–Crippen MR) is 70.0 cm³/mol. The lowest BCUT2D eigenvalue weighted by Crippen LogP contribution is -2.46. The molecule has 106 valence electrons. The van der Waals surface area contributed by atoms with Gasteiger partial charge in [-0.05, 0) is 37.7 Å². The number of nitrogens with zero attached hydrogens (tertiary/aromatic N) is 3. The Morgan fingerprint density at radius 3 is 2.50 bits per heavy atom. The highest BCUT2D eigenvalue weighted by atomic mass is 16.4. The highest BCUT2D eigenvalue weighted by Crippen LogP contribution is 2.40. The molecule has 1 aromatic rings. The maximum absolute atomic E-state index is 12.5. The second-order valence-electron chi connectivity index (χ2n) is 5.66. The van der Waals surface area contributed by atoms with Gasteiger partial charge in [0.25, 0.3) is 5.91 Å². The van der Waals surface area contributed by atoms with Crippen LogP contribution < -0.4 is 0 Å². The molecule has 2 aliphatic heterocycles. The minimum absolute atomic E-state index is 0.00109. The van der Waals surface area contributed by atoms with E-state index < -0.39 is 5.97 Å². The molecule has 3 heterocycles. The Kier molecular flexibility index (Phi) is 3.38. The van der Waals surface area contributed by atoms with E-state index in [4.69, 9.17) is 5.11 Å². The summed E-state index contributed by atoms with van der Waals surface area (Å²) in [6.45, 7) is 0. The van der Waals surface area contributed by atoms with Gasteiger partial charge >= 0.3 is 5.97 Å². The third-order valence-corrected chi connectivity index (χ3v) is 4.36. The fourth-order valence-electron chi connectivity index (χ4n) is 3.60. The van der Waals surface area contributed by atoms with Crippen molar-refractivity contribution in [2.24, 2.45) is 5.92 Å². The quantitative estimate of drug-likeness (QED) is 0.899. The van der Waals surface area contributed by atoms with E-state index in [1.807, 2.05) is 4.90 Å². The molecule has 1 aromatic heterocycles. The summed E-state index contributed by atoms with van der Waals surface area (Å²) < 4.78 is 0. The molecule has 2 atom stereocenters. The summed E-state index contributed by atoms with van der Waals surface area (Å²) in [6.07, 6.45) is 6.78. The summed E-state index contributed by atoms with van der Waals surface area (Å²) in [4.78, 5) is 25.3. The molecule has 3 rings (SSSR count). The topological polar surface area (TPSA) is 83.4 Å². The molecule has 20 heavy (non-hydrogen) atoms. The molecular formula is C14H17N3O3. The number of rotatable bonds is 3. The molecule has 1 amide bonds. The van der Waals surface area contributed by atoms with Gasteiger partial charge in [-0.15, -0.1) is 0 Å². The summed E-state index contributed by atoms with van der Waals surface area (Å²) in [5.41, 5.74) is 0.564. The smallest absolute Gasteiger partial charge is 0.303 e. The van der Waals surface area contributed by atoms with Gasteiger partial charge in [0.1, 0.15) is 0 Å². The van der Waals surface area contributed by atoms with Crippen molar-refractivity contribution in [1.29, 1.82) is 0 Å². The highest BCUT2D eigenvalue weighted by molar-refractivity contribution is 5.94. The maximum atomic E-state index is 12.5. The zero-order chi connectivity index (χ0) is 14.1. The number of aromatic nitrogens is 2. The van der Waals surface area contributed by atoms with Crippen LogP contribution >= 0.6 is 0 Å². The Bertz CT molecular complexity index is 506. The van der Waals surface area contributed by atoms with E-state index in [0.29, 0.717) is 5.56 Å². The lowest BCUT2D eigenvalue weighted by molar-refractivity contribution is -0.138. The Hall–Kier alpha value is -1.98. The van der Waals surface area contributed by atoms with Crippen LogP contribution in [0.1, 0.15) is 42.5 Å². The summed E-state index contributed by atoms with van der Waals surface area (Å²) in [5.74, 6) is -0.543. The lowest BCUT2D eigenvalue weighted by Gasteiger charge is -2.38. The first-order valence-electron chi connectivity index (χ1n) is 6.96. The molecule has 2 aliphatic rings. The molecule has 2 bridgehead atoms. The van der Waals surface area contributed by atoms with E-state index in [1.54, 1.807) is 6.07 Å². The van der Waals surface area contributed by atoms with Gasteiger partial charge in [-0.1, -0.05) is 0 Å². The van der Waals surface area contributed by atoms with Crippen molar-refractivity contribution in [1.82, 2.24) is 15.1 Å². The summed E-state index contributed by atoms with van der Waals surface area (Å²) >= 11 is 0. The first kappa shape index (κ1) is 13.0. The number of carbonyl (C=O) groups excluding carboxylic acids is 1. The minimum Gasteiger partial charge on any atom is -0.481 e. The third-order valence-electron chi connectivity index (χ3n) is 4.36. The molecular weight excluding hydrogens is 258 g/mol. The van der Waals surface area contributed by atoms with Gasteiger partial charge in [0.05, 0.1) is 18.0 Å². The Morgan fingerprint density at radius 1 is 1.25 bits per heavy atom. The number of amides is 1. The Morgan fingerprint density at radius 2 is 1.95 bits per heavy atom. The summed E-state index contributed by atoms with van der Waals surface area (Å²) in [6, 6.07) is 2.04. The zero-order valence-electron chi connectivity index (χ0n) is 11.1. The van der Waals surface area contributed by atoms with Crippen LogP contribution in [0, 0.1) is 5.92 Å². The minimum atomic E-state index is -0.743. The van der Waals surface area contributed by atoms with E-state index >= 15 is 0 Å². The van der Waals surface area contributed by atoms with Crippen LogP contribution in [0.2, 0.25) is 0 Å². The largest absolute Gasteiger partial charge is 0.481 e. The monoisotopic (exact) mass is 275 g/mol. The van der Waals surface area contributed by atoms with Crippen LogP contribution in [0.25, 0.3) is 0 Å². The van der Waals surface area contributed by atoms with Crippen molar-refractivity contribution in [3.05, 3.63) is 24.0 Å². The van der Waals surface area contributed by atoms with Crippen molar-refractivity contribution in [2.75, 3.05) is 0 Å². The number of piperidine rings is 1. The van der Waals surface area contributed by atoms with Crippen molar-refractivity contribution in [3.63, 3.8) is 0 Å². The molecule has 0 spiro atoms. The number of aliphatic carboxylic acids is 1. The van der Waals surface area contributed by atoms with Gasteiger partial charge in [-0.3, -0.25) is 9.59 Å². The van der Waals surface area contributed by atoms with Crippen LogP contribution in [0.5, 0.6) is 0 Å². The molecule has 0 radical (unpaired) electrons. The van der Waals surface area contributed by atoms with Crippen molar-refractivity contribution in [3.8, 4) is 0 Å². The molecule has 2 unspecified atom stereocenters. The van der Waals surface area contributed by atoms with E-state index in [1.165, 1.54) is 12.4 Å². The molecule has 0 saturated carbocycles. The number of carboxylic acids is 1. The number of hydrogen-bond donors (Lipinski definition) is 1. The fraction of sp³-hybridized carbons (Fsp3) is 0.571. The van der Waals surface area contributed by atoms with Crippen LogP contribution in [0.3, 0.4) is 0 Å². The Labute approximate surface area is 116 Å². The summed E-state index contributed by atoms with van der Waals surface area (Å²) in [5, 5.41) is 16.4. The maximum Gasteiger partial charge on any atom is 0.303 e. The molecule has 0 aromatic carbocycles. The van der Waals surface area contributed by atoms with Gasteiger partial charge in [0, 0.05) is 18.5 Å². The van der Waals surface area contributed by atoms with E-state index in [0.717, 1.165) is 25.7 Å². The zero-order valence-corrected chi connectivity index (χ0v) is 11.1. The SMILES string of the molecule is O=C(O)CC1CC2CCC(C1)N2C(=O)c1ccnnc1. The lowest BCUT2D eigenvalue weighted by atomic mass is 9.88. The second-order valence-corrected chi connectivity index (χ2v) is 5.66. The van der Waals surface area contributed by atoms with E-state index in [-0.39, 0.29) is 30.3 Å². The van der Waals surface area contributed by atoms with Crippen LogP contribution in [0.4, 0.5) is 0 Å². The van der Waals surface area contributed by atoms with Gasteiger partial charge in [-0.25, -0.2) is 0 Å². The predicted octanol–water partition coefficient (Wildman–Crippen LogP) is 1.33. The van der Waals surface area contributed by atoms with Crippen molar-refractivity contribution < 1.29 is 14.7 Å². The number of hydrogen-bond acceptors (Lipinski definition) is 4. The highest BCUT2D eigenvalue weighted by Gasteiger charge is 2.43. The molecule has 6 heteroatoms. The standard InChI is InChI=1S/C14H17N3O3/c18-13(19)7-9-5-11-1-2-12(6-9)17(11)14(20)10-3-4-15-16-8-10/h3-4,8-9,11-12H,1-2,5-7H2,(H,18,19). The van der Waals surface area contributed by atoms with Gasteiger partial charge in [0.2, 0.25) is 0 Å². The molecule has 6 nitrogen and oxygen atoms in total. The van der Waals surface area contributed by atoms with Crippen LogP contribution in [-0.4, -0.2) is 44.2 Å². The third kappa shape index (κ3) is 2.37. The van der Waals surface area contributed by atoms with Gasteiger partial charge in [0.15, 0.2) is 0 Å². The fourth-order valence-corrected chi connectivity index (χ4v) is 3.60. The van der Waals surface area contributed by atoms with Crippen LogP contribution in [0.15, 0.2) is 18.5 Å². The number of carboxylic acid groups (broad SMARTS) is 1. The van der Waals surface area contributed by atoms with Crippen LogP contribution in [-0.2, 0) is 4.79 Å². The molecule has 2 saturated heterocycles. The molecule has 2 fully saturated rings. The van der Waals surface area contributed by atoms with Gasteiger partial charge in [-0.2, -0.15) is 10.2 Å².